The number of piperidine rings is 1. The van der Waals surface area contributed by atoms with Gasteiger partial charge >= 0.3 is 6.03 Å². The summed E-state index contributed by atoms with van der Waals surface area (Å²) < 4.78 is 0. The summed E-state index contributed by atoms with van der Waals surface area (Å²) in [7, 11) is 0. The maximum Gasteiger partial charge on any atom is 0.322 e. The monoisotopic (exact) mass is 316 g/mol. The molecule has 1 aromatic carbocycles. The Labute approximate surface area is 134 Å². The Morgan fingerprint density at radius 1 is 1.22 bits per heavy atom. The summed E-state index contributed by atoms with van der Waals surface area (Å²) in [6.07, 6.45) is 1.03. The second-order valence-corrected chi connectivity index (χ2v) is 6.18. The molecule has 0 aromatic heterocycles. The van der Waals surface area contributed by atoms with Crippen LogP contribution in [0.5, 0.6) is 0 Å². The van der Waals surface area contributed by atoms with Gasteiger partial charge in [-0.25, -0.2) is 4.79 Å². The summed E-state index contributed by atoms with van der Waals surface area (Å²) in [5, 5.41) is 7.86. The highest BCUT2D eigenvalue weighted by molar-refractivity contribution is 6.07. The van der Waals surface area contributed by atoms with Crippen LogP contribution in [0.25, 0.3) is 0 Å². The number of carbonyl (C=O) groups excluding carboxylic acids is 3. The summed E-state index contributed by atoms with van der Waals surface area (Å²) in [4.78, 5) is 37.2. The molecule has 7 nitrogen and oxygen atoms in total. The van der Waals surface area contributed by atoms with Gasteiger partial charge in [0.1, 0.15) is 5.54 Å². The minimum Gasteiger partial charge on any atom is -0.325 e. The van der Waals surface area contributed by atoms with E-state index in [0.717, 1.165) is 11.3 Å². The minimum absolute atomic E-state index is 0.0790. The molecule has 2 aliphatic heterocycles. The first kappa shape index (κ1) is 15.5. The average molecular weight is 316 g/mol. The number of anilines is 1. The number of amides is 4. The van der Waals surface area contributed by atoms with E-state index in [0.29, 0.717) is 25.9 Å². The highest BCUT2D eigenvalue weighted by Gasteiger charge is 2.47. The summed E-state index contributed by atoms with van der Waals surface area (Å²) >= 11 is 0. The van der Waals surface area contributed by atoms with Crippen molar-refractivity contribution in [2.24, 2.45) is 0 Å². The highest BCUT2D eigenvalue weighted by Crippen LogP contribution is 2.25. The molecule has 0 saturated carbocycles. The van der Waals surface area contributed by atoms with Crippen molar-refractivity contribution in [3.05, 3.63) is 29.8 Å². The molecule has 0 aliphatic carbocycles. The van der Waals surface area contributed by atoms with Crippen LogP contribution in [0.15, 0.2) is 24.3 Å². The van der Waals surface area contributed by atoms with Gasteiger partial charge in [0.2, 0.25) is 5.91 Å². The first-order chi connectivity index (χ1) is 11.0. The van der Waals surface area contributed by atoms with Gasteiger partial charge in [0.15, 0.2) is 0 Å². The predicted octanol–water partition coefficient (Wildman–Crippen LogP) is 0.608. The normalized spacial score (nSPS) is 20.2. The number of imide groups is 1. The zero-order chi connectivity index (χ0) is 16.4. The third kappa shape index (κ3) is 3.34. The molecule has 0 radical (unpaired) electrons. The van der Waals surface area contributed by atoms with Crippen molar-refractivity contribution >= 4 is 23.5 Å². The third-order valence-corrected chi connectivity index (χ3v) is 4.43. The van der Waals surface area contributed by atoms with Crippen molar-refractivity contribution in [2.75, 3.05) is 25.0 Å². The van der Waals surface area contributed by atoms with Crippen LogP contribution >= 0.6 is 0 Å². The number of aryl methyl sites for hydroxylation is 1. The van der Waals surface area contributed by atoms with E-state index >= 15 is 0 Å². The Bertz CT molecular complexity index is 633. The topological polar surface area (TPSA) is 90.5 Å². The molecule has 0 atom stereocenters. The number of benzene rings is 1. The van der Waals surface area contributed by atoms with E-state index in [1.807, 2.05) is 36.1 Å². The van der Waals surface area contributed by atoms with Gasteiger partial charge in [-0.15, -0.1) is 0 Å². The van der Waals surface area contributed by atoms with Crippen LogP contribution in [0, 0.1) is 6.92 Å². The lowest BCUT2D eigenvalue weighted by Gasteiger charge is -2.36. The van der Waals surface area contributed by atoms with E-state index < -0.39 is 11.6 Å². The van der Waals surface area contributed by atoms with Crippen LogP contribution in [0.1, 0.15) is 18.4 Å². The molecule has 3 N–H and O–H groups in total. The Kier molecular flexibility index (Phi) is 4.04. The third-order valence-electron chi connectivity index (χ3n) is 4.43. The number of nitrogens with zero attached hydrogens (tertiary/aromatic N) is 1. The summed E-state index contributed by atoms with van der Waals surface area (Å²) in [5.74, 6) is -0.337. The fourth-order valence-corrected chi connectivity index (χ4v) is 3.01. The number of urea groups is 1. The molecule has 0 bridgehead atoms. The van der Waals surface area contributed by atoms with Gasteiger partial charge in [-0.3, -0.25) is 19.8 Å². The summed E-state index contributed by atoms with van der Waals surface area (Å²) in [5.41, 5.74) is 1.12. The van der Waals surface area contributed by atoms with Crippen molar-refractivity contribution in [3.8, 4) is 0 Å². The molecule has 122 valence electrons. The Morgan fingerprint density at radius 2 is 1.87 bits per heavy atom. The van der Waals surface area contributed by atoms with Crippen LogP contribution in [0.4, 0.5) is 10.5 Å². The fourth-order valence-electron chi connectivity index (χ4n) is 3.01. The largest absolute Gasteiger partial charge is 0.325 e. The summed E-state index contributed by atoms with van der Waals surface area (Å²) in [6.45, 7) is 3.46. The standard InChI is InChI=1S/C16H20N4O3/c1-11-2-4-12(5-3-11)17-13(21)10-20-8-6-16(7-9-20)14(22)18-15(23)19-16/h2-5H,6-10H2,1H3,(H,17,21)(H2,18,19,22,23). The van der Waals surface area contributed by atoms with Gasteiger partial charge in [0.25, 0.3) is 5.91 Å². The maximum atomic E-state index is 12.1. The maximum absolute atomic E-state index is 12.1. The quantitative estimate of drug-likeness (QED) is 0.713. The number of hydrogen-bond donors (Lipinski definition) is 3. The lowest BCUT2D eigenvalue weighted by molar-refractivity contribution is -0.125. The second kappa shape index (κ2) is 6.00. The van der Waals surface area contributed by atoms with Crippen LogP contribution in [0.2, 0.25) is 0 Å². The molecule has 0 unspecified atom stereocenters. The Morgan fingerprint density at radius 3 is 2.43 bits per heavy atom. The van der Waals surface area contributed by atoms with E-state index in [4.69, 9.17) is 0 Å². The SMILES string of the molecule is Cc1ccc(NC(=O)CN2CCC3(CC2)NC(=O)NC3=O)cc1. The lowest BCUT2D eigenvalue weighted by atomic mass is 9.88. The molecule has 2 aliphatic rings. The van der Waals surface area contributed by atoms with Gasteiger partial charge in [-0.2, -0.15) is 0 Å². The van der Waals surface area contributed by atoms with Gasteiger partial charge in [-0.1, -0.05) is 17.7 Å². The van der Waals surface area contributed by atoms with Crippen molar-refractivity contribution in [3.63, 3.8) is 0 Å². The molecule has 1 aromatic rings. The molecule has 4 amide bonds. The lowest BCUT2D eigenvalue weighted by Crippen LogP contribution is -2.55. The fraction of sp³-hybridized carbons (Fsp3) is 0.438. The molecule has 2 heterocycles. The van der Waals surface area contributed by atoms with Crippen molar-refractivity contribution in [1.82, 2.24) is 15.5 Å². The number of rotatable bonds is 3. The van der Waals surface area contributed by atoms with Crippen LogP contribution in [-0.2, 0) is 9.59 Å². The van der Waals surface area contributed by atoms with Crippen molar-refractivity contribution < 1.29 is 14.4 Å². The van der Waals surface area contributed by atoms with E-state index in [9.17, 15) is 14.4 Å². The Hall–Kier alpha value is -2.41. The second-order valence-electron chi connectivity index (χ2n) is 6.18. The molecule has 3 rings (SSSR count). The van der Waals surface area contributed by atoms with Crippen LogP contribution in [-0.4, -0.2) is 47.9 Å². The number of likely N-dealkylation sites (tertiary alicyclic amines) is 1. The predicted molar refractivity (Wildman–Crippen MR) is 84.9 cm³/mol. The molecule has 2 fully saturated rings. The number of nitrogens with one attached hydrogen (secondary N) is 3. The minimum atomic E-state index is -0.791. The van der Waals surface area contributed by atoms with E-state index in [-0.39, 0.29) is 18.4 Å². The van der Waals surface area contributed by atoms with Gasteiger partial charge in [-0.05, 0) is 31.9 Å². The van der Waals surface area contributed by atoms with E-state index in [1.165, 1.54) is 0 Å². The first-order valence-corrected chi connectivity index (χ1v) is 7.69. The zero-order valence-corrected chi connectivity index (χ0v) is 13.0. The van der Waals surface area contributed by atoms with Crippen molar-refractivity contribution in [2.45, 2.75) is 25.3 Å². The van der Waals surface area contributed by atoms with Gasteiger partial charge < -0.3 is 10.6 Å². The number of hydrogen-bond acceptors (Lipinski definition) is 4. The van der Waals surface area contributed by atoms with Crippen molar-refractivity contribution in [1.29, 1.82) is 0 Å². The molecule has 1 spiro atoms. The molecule has 7 heteroatoms. The highest BCUT2D eigenvalue weighted by atomic mass is 16.2. The average Bonchev–Trinajstić information content (AvgIpc) is 2.78. The van der Waals surface area contributed by atoms with Gasteiger partial charge in [0, 0.05) is 18.8 Å². The summed E-state index contributed by atoms with van der Waals surface area (Å²) in [6, 6.07) is 7.21. The van der Waals surface area contributed by atoms with E-state index in [1.54, 1.807) is 0 Å². The first-order valence-electron chi connectivity index (χ1n) is 7.69. The zero-order valence-electron chi connectivity index (χ0n) is 13.0. The van der Waals surface area contributed by atoms with Gasteiger partial charge in [0.05, 0.1) is 6.54 Å². The van der Waals surface area contributed by atoms with Crippen LogP contribution in [0.3, 0.4) is 0 Å². The molecular formula is C16H20N4O3. The Balaban J connectivity index is 1.50. The molecule has 23 heavy (non-hydrogen) atoms. The van der Waals surface area contributed by atoms with Crippen LogP contribution < -0.4 is 16.0 Å². The number of carbonyl (C=O) groups is 3. The molecule has 2 saturated heterocycles. The molecular weight excluding hydrogens is 296 g/mol. The smallest absolute Gasteiger partial charge is 0.322 e. The van der Waals surface area contributed by atoms with E-state index in [2.05, 4.69) is 16.0 Å².